The molecule has 2 aromatic rings. The van der Waals surface area contributed by atoms with Gasteiger partial charge in [0.25, 0.3) is 0 Å². The molecule has 0 N–H and O–H groups in total. The number of hydrogen-bond donors (Lipinski definition) is 0. The van der Waals surface area contributed by atoms with Crippen molar-refractivity contribution in [3.8, 4) is 11.3 Å². The molecule has 2 saturated heterocycles. The van der Waals surface area contributed by atoms with Crippen LogP contribution in [0.5, 0.6) is 0 Å². The predicted octanol–water partition coefficient (Wildman–Crippen LogP) is 3.11. The minimum absolute atomic E-state index is 0.230. The van der Waals surface area contributed by atoms with Gasteiger partial charge in [0.1, 0.15) is 5.69 Å². The Labute approximate surface area is 166 Å². The molecule has 1 spiro atoms. The fourth-order valence-corrected chi connectivity index (χ4v) is 4.51. The van der Waals surface area contributed by atoms with Crippen molar-refractivity contribution in [2.45, 2.75) is 32.7 Å². The van der Waals surface area contributed by atoms with Gasteiger partial charge in [0.15, 0.2) is 5.76 Å². The maximum absolute atomic E-state index is 13.1. The molecule has 0 bridgehead atoms. The molecule has 28 heavy (non-hydrogen) atoms. The molecule has 0 saturated carbocycles. The van der Waals surface area contributed by atoms with Gasteiger partial charge in [-0.15, -0.1) is 0 Å². The Morgan fingerprint density at radius 1 is 1.21 bits per heavy atom. The third-order valence-electron chi connectivity index (χ3n) is 6.11. The van der Waals surface area contributed by atoms with E-state index in [1.807, 2.05) is 11.0 Å². The van der Waals surface area contributed by atoms with E-state index >= 15 is 0 Å². The summed E-state index contributed by atoms with van der Waals surface area (Å²) in [6, 6.07) is 10.3. The third kappa shape index (κ3) is 3.84. The molecule has 2 aliphatic heterocycles. The Kier molecular flexibility index (Phi) is 5.51. The zero-order valence-electron chi connectivity index (χ0n) is 16.8. The van der Waals surface area contributed by atoms with Crippen LogP contribution in [0.1, 0.15) is 30.6 Å². The second-order valence-electron chi connectivity index (χ2n) is 8.17. The maximum atomic E-state index is 13.1. The van der Waals surface area contributed by atoms with E-state index in [9.17, 15) is 4.79 Å². The molecule has 1 aromatic carbocycles. The van der Waals surface area contributed by atoms with Crippen molar-refractivity contribution in [3.63, 3.8) is 0 Å². The molecular formula is C22H29N3O3. The molecule has 4 rings (SSSR count). The summed E-state index contributed by atoms with van der Waals surface area (Å²) < 4.78 is 10.8. The van der Waals surface area contributed by atoms with Crippen LogP contribution >= 0.6 is 0 Å². The number of methoxy groups -OCH3 is 1. The molecule has 0 unspecified atom stereocenters. The number of benzene rings is 1. The highest BCUT2D eigenvalue weighted by atomic mass is 16.5. The van der Waals surface area contributed by atoms with Gasteiger partial charge < -0.3 is 14.2 Å². The lowest BCUT2D eigenvalue weighted by atomic mass is 9.78. The zero-order valence-corrected chi connectivity index (χ0v) is 16.8. The van der Waals surface area contributed by atoms with Crippen LogP contribution in [0.3, 0.4) is 0 Å². The summed E-state index contributed by atoms with van der Waals surface area (Å²) in [7, 11) is 1.68. The van der Waals surface area contributed by atoms with Gasteiger partial charge in [-0.2, -0.15) is 0 Å². The van der Waals surface area contributed by atoms with Crippen molar-refractivity contribution >= 4 is 5.91 Å². The van der Waals surface area contributed by atoms with Gasteiger partial charge in [0, 0.05) is 38.4 Å². The van der Waals surface area contributed by atoms with Crippen molar-refractivity contribution in [2.24, 2.45) is 5.41 Å². The fourth-order valence-electron chi connectivity index (χ4n) is 4.51. The van der Waals surface area contributed by atoms with Crippen LogP contribution in [-0.4, -0.2) is 60.8 Å². The molecule has 0 aliphatic carbocycles. The lowest BCUT2D eigenvalue weighted by Gasteiger charge is -2.39. The summed E-state index contributed by atoms with van der Waals surface area (Å²) in [5.74, 6) is 1.16. The molecule has 2 fully saturated rings. The molecule has 0 radical (unpaired) electrons. The summed E-state index contributed by atoms with van der Waals surface area (Å²) in [5, 5.41) is 4.23. The van der Waals surface area contributed by atoms with Gasteiger partial charge in [-0.05, 0) is 32.7 Å². The van der Waals surface area contributed by atoms with Gasteiger partial charge in [-0.3, -0.25) is 9.69 Å². The van der Waals surface area contributed by atoms with Crippen LogP contribution in [-0.2, 0) is 16.1 Å². The SMILES string of the molecule is COCCN1CCC[C@]2(CCN(Cc3cc(-c4ccc(C)cc4)no3)C2)C1=O. The van der Waals surface area contributed by atoms with E-state index in [0.717, 1.165) is 55.9 Å². The van der Waals surface area contributed by atoms with Crippen LogP contribution < -0.4 is 0 Å². The Morgan fingerprint density at radius 2 is 2.04 bits per heavy atom. The Morgan fingerprint density at radius 3 is 2.82 bits per heavy atom. The zero-order chi connectivity index (χ0) is 19.6. The van der Waals surface area contributed by atoms with Crippen molar-refractivity contribution in [3.05, 3.63) is 41.7 Å². The van der Waals surface area contributed by atoms with E-state index < -0.39 is 0 Å². The fraction of sp³-hybridized carbons (Fsp3) is 0.545. The van der Waals surface area contributed by atoms with Crippen LogP contribution in [0, 0.1) is 12.3 Å². The normalized spacial score (nSPS) is 23.1. The average Bonchev–Trinajstić information content (AvgIpc) is 3.32. The lowest BCUT2D eigenvalue weighted by Crippen LogP contribution is -2.50. The second kappa shape index (κ2) is 8.05. The number of rotatable bonds is 6. The topological polar surface area (TPSA) is 58.8 Å². The molecule has 1 aromatic heterocycles. The molecule has 1 amide bonds. The summed E-state index contributed by atoms with van der Waals surface area (Å²) in [6.45, 7) is 6.65. The summed E-state index contributed by atoms with van der Waals surface area (Å²) in [5.41, 5.74) is 2.93. The van der Waals surface area contributed by atoms with E-state index in [4.69, 9.17) is 9.26 Å². The molecule has 6 nitrogen and oxygen atoms in total. The number of amides is 1. The highest BCUT2D eigenvalue weighted by Crippen LogP contribution is 2.40. The summed E-state index contributed by atoms with van der Waals surface area (Å²) >= 11 is 0. The first kappa shape index (κ1) is 19.2. The number of nitrogens with zero attached hydrogens (tertiary/aromatic N) is 3. The minimum Gasteiger partial charge on any atom is -0.383 e. The van der Waals surface area contributed by atoms with Crippen LogP contribution in [0.15, 0.2) is 34.9 Å². The number of ether oxygens (including phenoxy) is 1. The monoisotopic (exact) mass is 383 g/mol. The Hall–Kier alpha value is -2.18. The Balaban J connectivity index is 1.39. The molecule has 1 atom stereocenters. The first-order valence-electron chi connectivity index (χ1n) is 10.1. The summed E-state index contributed by atoms with van der Waals surface area (Å²) in [6.07, 6.45) is 2.98. The number of carbonyl (C=O) groups excluding carboxylic acids is 1. The largest absolute Gasteiger partial charge is 0.383 e. The number of aryl methyl sites for hydroxylation is 1. The Bertz CT molecular complexity index is 817. The third-order valence-corrected chi connectivity index (χ3v) is 6.11. The number of aromatic nitrogens is 1. The van der Waals surface area contributed by atoms with E-state index in [-0.39, 0.29) is 5.41 Å². The van der Waals surface area contributed by atoms with Gasteiger partial charge in [0.2, 0.25) is 5.91 Å². The molecular weight excluding hydrogens is 354 g/mol. The standard InChI is InChI=1S/C22H29N3O3/c1-17-4-6-18(7-5-17)20-14-19(28-23-20)15-24-11-9-22(16-24)8-3-10-25(21(22)26)12-13-27-2/h4-7,14H,3,8-13,15-16H2,1-2H3/t22-/m1/s1. The van der Waals surface area contributed by atoms with Crippen LogP contribution in [0.2, 0.25) is 0 Å². The lowest BCUT2D eigenvalue weighted by molar-refractivity contribution is -0.146. The van der Waals surface area contributed by atoms with Gasteiger partial charge in [0.05, 0.1) is 18.6 Å². The number of likely N-dealkylation sites (tertiary alicyclic amines) is 2. The highest BCUT2D eigenvalue weighted by molar-refractivity contribution is 5.84. The van der Waals surface area contributed by atoms with Crippen molar-refractivity contribution in [1.29, 1.82) is 0 Å². The average molecular weight is 383 g/mol. The molecule has 2 aliphatic rings. The van der Waals surface area contributed by atoms with E-state index in [2.05, 4.69) is 41.2 Å². The number of piperidine rings is 1. The highest BCUT2D eigenvalue weighted by Gasteiger charge is 2.48. The van der Waals surface area contributed by atoms with Crippen LogP contribution in [0.25, 0.3) is 11.3 Å². The van der Waals surface area contributed by atoms with E-state index in [1.165, 1.54) is 5.56 Å². The van der Waals surface area contributed by atoms with E-state index in [1.54, 1.807) is 7.11 Å². The second-order valence-corrected chi connectivity index (χ2v) is 8.17. The first-order chi connectivity index (χ1) is 13.6. The van der Waals surface area contributed by atoms with Crippen LogP contribution in [0.4, 0.5) is 0 Å². The van der Waals surface area contributed by atoms with Crippen molar-refractivity contribution in [2.75, 3.05) is 39.9 Å². The van der Waals surface area contributed by atoms with E-state index in [0.29, 0.717) is 25.6 Å². The molecule has 150 valence electrons. The maximum Gasteiger partial charge on any atom is 0.230 e. The number of hydrogen-bond acceptors (Lipinski definition) is 5. The molecule has 6 heteroatoms. The molecule has 3 heterocycles. The quantitative estimate of drug-likeness (QED) is 0.767. The van der Waals surface area contributed by atoms with Crippen molar-refractivity contribution in [1.82, 2.24) is 15.0 Å². The minimum atomic E-state index is -0.230. The predicted molar refractivity (Wildman–Crippen MR) is 107 cm³/mol. The van der Waals surface area contributed by atoms with Gasteiger partial charge in [-0.25, -0.2) is 0 Å². The van der Waals surface area contributed by atoms with Gasteiger partial charge >= 0.3 is 0 Å². The smallest absolute Gasteiger partial charge is 0.230 e. The first-order valence-corrected chi connectivity index (χ1v) is 10.1. The number of carbonyl (C=O) groups is 1. The van der Waals surface area contributed by atoms with Crippen molar-refractivity contribution < 1.29 is 14.1 Å². The summed E-state index contributed by atoms with van der Waals surface area (Å²) in [4.78, 5) is 17.4. The van der Waals surface area contributed by atoms with Gasteiger partial charge in [-0.1, -0.05) is 35.0 Å².